The van der Waals surface area contributed by atoms with Crippen molar-refractivity contribution in [2.75, 3.05) is 0 Å². The van der Waals surface area contributed by atoms with Crippen LogP contribution in [0.1, 0.15) is 0 Å². The fourth-order valence-corrected chi connectivity index (χ4v) is 2.74. The van der Waals surface area contributed by atoms with Crippen molar-refractivity contribution in [2.45, 2.75) is 11.4 Å². The molecule has 0 saturated heterocycles. The maximum absolute atomic E-state index is 11.6. The van der Waals surface area contributed by atoms with Gasteiger partial charge in [-0.15, -0.1) is 0 Å². The van der Waals surface area contributed by atoms with Crippen molar-refractivity contribution in [2.24, 2.45) is 10.1 Å². The van der Waals surface area contributed by atoms with Gasteiger partial charge in [0.25, 0.3) is 0 Å². The van der Waals surface area contributed by atoms with Crippen LogP contribution in [0.15, 0.2) is 40.4 Å². The lowest BCUT2D eigenvalue weighted by Gasteiger charge is -2.08. The minimum absolute atomic E-state index is 0.0969. The standard InChI is InChI=1S/C11H10N4O2S/c12-18(16,17)10-4-2-1-3-8(10)9-7-14-11-13-5-6-15(9)11/h1-5,7H,6H2,(H2,12,16,17). The zero-order valence-electron chi connectivity index (χ0n) is 9.31. The molecule has 92 valence electrons. The molecule has 3 rings (SSSR count). The highest BCUT2D eigenvalue weighted by Gasteiger charge is 2.20. The molecule has 0 radical (unpaired) electrons. The first-order valence-electron chi connectivity index (χ1n) is 5.27. The Balaban J connectivity index is 2.25. The average Bonchev–Trinajstić information content (AvgIpc) is 2.89. The van der Waals surface area contributed by atoms with Crippen LogP contribution >= 0.6 is 0 Å². The molecule has 0 fully saturated rings. The summed E-state index contributed by atoms with van der Waals surface area (Å²) in [7, 11) is -3.76. The summed E-state index contributed by atoms with van der Waals surface area (Å²) in [4.78, 5) is 8.31. The van der Waals surface area contributed by atoms with Crippen LogP contribution in [0.25, 0.3) is 11.3 Å². The number of aromatic nitrogens is 2. The molecule has 1 aromatic carbocycles. The minimum Gasteiger partial charge on any atom is -0.303 e. The normalized spacial score (nSPS) is 13.8. The second kappa shape index (κ2) is 3.76. The summed E-state index contributed by atoms with van der Waals surface area (Å²) >= 11 is 0. The topological polar surface area (TPSA) is 90.3 Å². The molecular weight excluding hydrogens is 252 g/mol. The van der Waals surface area contributed by atoms with Crippen LogP contribution in [-0.2, 0) is 16.6 Å². The van der Waals surface area contributed by atoms with E-state index < -0.39 is 10.0 Å². The molecule has 1 aliphatic rings. The molecule has 6 nitrogen and oxygen atoms in total. The number of fused-ring (bicyclic) bond motifs is 1. The van der Waals surface area contributed by atoms with Crippen molar-refractivity contribution in [3.8, 4) is 11.3 Å². The number of aliphatic imine (C=N–C) groups is 1. The van der Waals surface area contributed by atoms with E-state index in [0.717, 1.165) is 0 Å². The van der Waals surface area contributed by atoms with Crippen LogP contribution in [0, 0.1) is 0 Å². The maximum atomic E-state index is 11.6. The van der Waals surface area contributed by atoms with Crippen molar-refractivity contribution >= 4 is 22.2 Å². The van der Waals surface area contributed by atoms with Crippen LogP contribution in [0.4, 0.5) is 5.95 Å². The molecule has 7 heteroatoms. The van der Waals surface area contributed by atoms with Gasteiger partial charge in [0.15, 0.2) is 0 Å². The lowest BCUT2D eigenvalue weighted by molar-refractivity contribution is 0.598. The predicted octanol–water partition coefficient (Wildman–Crippen LogP) is 0.913. The number of hydrogen-bond acceptors (Lipinski definition) is 4. The van der Waals surface area contributed by atoms with Crippen LogP contribution in [0.5, 0.6) is 0 Å². The van der Waals surface area contributed by atoms with Crippen molar-refractivity contribution in [3.63, 3.8) is 0 Å². The number of benzene rings is 1. The predicted molar refractivity (Wildman–Crippen MR) is 67.2 cm³/mol. The molecule has 18 heavy (non-hydrogen) atoms. The van der Waals surface area contributed by atoms with E-state index >= 15 is 0 Å². The van der Waals surface area contributed by atoms with Crippen LogP contribution in [0.3, 0.4) is 0 Å². The van der Waals surface area contributed by atoms with Gasteiger partial charge in [0.1, 0.15) is 0 Å². The van der Waals surface area contributed by atoms with E-state index in [2.05, 4.69) is 9.98 Å². The van der Waals surface area contributed by atoms with Crippen LogP contribution in [-0.4, -0.2) is 24.2 Å². The van der Waals surface area contributed by atoms with Crippen LogP contribution < -0.4 is 5.14 Å². The van der Waals surface area contributed by atoms with E-state index in [-0.39, 0.29) is 4.90 Å². The summed E-state index contributed by atoms with van der Waals surface area (Å²) in [5.41, 5.74) is 1.25. The summed E-state index contributed by atoms with van der Waals surface area (Å²) < 4.78 is 25.0. The molecule has 1 aliphatic heterocycles. The van der Waals surface area contributed by atoms with Gasteiger partial charge in [0.2, 0.25) is 16.0 Å². The number of hydrogen-bond donors (Lipinski definition) is 1. The van der Waals surface area contributed by atoms with Gasteiger partial charge in [0.05, 0.1) is 23.3 Å². The molecule has 0 unspecified atom stereocenters. The molecule has 0 amide bonds. The molecule has 1 aromatic heterocycles. The highest BCUT2D eigenvalue weighted by atomic mass is 32.2. The van der Waals surface area contributed by atoms with E-state index in [1.807, 2.05) is 4.57 Å². The second-order valence-corrected chi connectivity index (χ2v) is 5.44. The van der Waals surface area contributed by atoms with Crippen molar-refractivity contribution in [1.82, 2.24) is 9.55 Å². The van der Waals surface area contributed by atoms with Gasteiger partial charge in [-0.3, -0.25) is 0 Å². The zero-order chi connectivity index (χ0) is 12.8. The Kier molecular flexibility index (Phi) is 2.32. The average molecular weight is 262 g/mol. The molecule has 0 atom stereocenters. The molecule has 0 saturated carbocycles. The van der Waals surface area contributed by atoms with Gasteiger partial charge in [-0.1, -0.05) is 18.2 Å². The minimum atomic E-state index is -3.76. The van der Waals surface area contributed by atoms with Crippen molar-refractivity contribution in [3.05, 3.63) is 30.5 Å². The summed E-state index contributed by atoms with van der Waals surface area (Å²) in [5.74, 6) is 0.578. The van der Waals surface area contributed by atoms with Crippen molar-refractivity contribution < 1.29 is 8.42 Å². The number of nitrogens with two attached hydrogens (primary N) is 1. The van der Waals surface area contributed by atoms with Crippen LogP contribution in [0.2, 0.25) is 0 Å². The van der Waals surface area contributed by atoms with Gasteiger partial charge in [-0.2, -0.15) is 0 Å². The third kappa shape index (κ3) is 1.64. The summed E-state index contributed by atoms with van der Waals surface area (Å²) in [6.07, 6.45) is 3.33. The molecular formula is C11H10N4O2S. The zero-order valence-corrected chi connectivity index (χ0v) is 10.1. The Morgan fingerprint density at radius 3 is 2.83 bits per heavy atom. The first-order valence-corrected chi connectivity index (χ1v) is 6.82. The van der Waals surface area contributed by atoms with E-state index in [4.69, 9.17) is 5.14 Å². The molecule has 0 spiro atoms. The Labute approximate surface area is 104 Å². The monoisotopic (exact) mass is 262 g/mol. The smallest absolute Gasteiger partial charge is 0.238 e. The lowest BCUT2D eigenvalue weighted by Crippen LogP contribution is -2.13. The van der Waals surface area contributed by atoms with Gasteiger partial charge >= 0.3 is 0 Å². The van der Waals surface area contributed by atoms with E-state index in [1.165, 1.54) is 6.07 Å². The fraction of sp³-hybridized carbons (Fsp3) is 0.0909. The summed E-state index contributed by atoms with van der Waals surface area (Å²) in [5, 5.41) is 5.22. The number of imidazole rings is 1. The molecule has 2 N–H and O–H groups in total. The SMILES string of the molecule is NS(=O)(=O)c1ccccc1-c1cnc2n1CC=N2. The number of primary sulfonamides is 1. The van der Waals surface area contributed by atoms with Gasteiger partial charge in [-0.05, 0) is 6.07 Å². The number of sulfonamides is 1. The van der Waals surface area contributed by atoms with Gasteiger partial charge < -0.3 is 4.57 Å². The Bertz CT molecular complexity index is 746. The Morgan fingerprint density at radius 2 is 2.06 bits per heavy atom. The molecule has 0 aliphatic carbocycles. The second-order valence-electron chi connectivity index (χ2n) is 3.91. The third-order valence-electron chi connectivity index (χ3n) is 2.78. The van der Waals surface area contributed by atoms with Gasteiger partial charge in [-0.25, -0.2) is 23.5 Å². The fourth-order valence-electron chi connectivity index (χ4n) is 1.99. The van der Waals surface area contributed by atoms with E-state index in [9.17, 15) is 8.42 Å². The lowest BCUT2D eigenvalue weighted by atomic mass is 10.1. The first-order chi connectivity index (χ1) is 8.57. The number of nitrogens with zero attached hydrogens (tertiary/aromatic N) is 3. The molecule has 2 heterocycles. The van der Waals surface area contributed by atoms with E-state index in [1.54, 1.807) is 30.6 Å². The number of rotatable bonds is 2. The molecule has 0 bridgehead atoms. The Hall–Kier alpha value is -1.99. The van der Waals surface area contributed by atoms with E-state index in [0.29, 0.717) is 23.8 Å². The maximum Gasteiger partial charge on any atom is 0.238 e. The summed E-state index contributed by atoms with van der Waals surface area (Å²) in [6, 6.07) is 6.60. The van der Waals surface area contributed by atoms with Gasteiger partial charge in [0, 0.05) is 11.8 Å². The highest BCUT2D eigenvalue weighted by molar-refractivity contribution is 7.89. The quantitative estimate of drug-likeness (QED) is 0.872. The Morgan fingerprint density at radius 1 is 1.28 bits per heavy atom. The third-order valence-corrected chi connectivity index (χ3v) is 3.74. The first kappa shape index (κ1) is 11.1. The summed E-state index contributed by atoms with van der Waals surface area (Å²) in [6.45, 7) is 0.587. The largest absolute Gasteiger partial charge is 0.303 e. The highest BCUT2D eigenvalue weighted by Crippen LogP contribution is 2.30. The molecule has 2 aromatic rings. The van der Waals surface area contributed by atoms with Crippen molar-refractivity contribution in [1.29, 1.82) is 0 Å².